The topological polar surface area (TPSA) is 32.8 Å². The Morgan fingerprint density at radius 3 is 2.61 bits per heavy atom. The molecule has 1 amide bonds. The lowest BCUT2D eigenvalue weighted by atomic mass is 9.92. The Bertz CT molecular complexity index is 518. The van der Waals surface area contributed by atoms with Crippen LogP contribution in [0, 0.1) is 12.8 Å². The molecule has 4 heteroatoms. The number of nitrogens with zero attached hydrogens (tertiary/aromatic N) is 2. The summed E-state index contributed by atoms with van der Waals surface area (Å²) in [5.41, 5.74) is 2.72. The summed E-state index contributed by atoms with van der Waals surface area (Å²) in [6.07, 6.45) is 3.00. The number of piperidine rings is 1. The third-order valence-corrected chi connectivity index (χ3v) is 5.02. The van der Waals surface area contributed by atoms with E-state index < -0.39 is 0 Å². The lowest BCUT2D eigenvalue weighted by Gasteiger charge is -2.33. The van der Waals surface area contributed by atoms with E-state index >= 15 is 0 Å². The minimum atomic E-state index is 0.324. The molecular formula is C19H28N2O2. The van der Waals surface area contributed by atoms with Crippen molar-refractivity contribution in [3.8, 4) is 0 Å². The molecule has 0 unspecified atom stereocenters. The van der Waals surface area contributed by atoms with Gasteiger partial charge in [-0.1, -0.05) is 29.8 Å². The van der Waals surface area contributed by atoms with Gasteiger partial charge >= 0.3 is 0 Å². The van der Waals surface area contributed by atoms with Crippen LogP contribution in [-0.4, -0.2) is 55.1 Å². The maximum Gasteiger partial charge on any atom is 0.223 e. The number of morpholine rings is 1. The summed E-state index contributed by atoms with van der Waals surface area (Å²) in [7, 11) is 0. The minimum Gasteiger partial charge on any atom is -0.378 e. The van der Waals surface area contributed by atoms with Crippen LogP contribution >= 0.6 is 0 Å². The molecule has 2 fully saturated rings. The van der Waals surface area contributed by atoms with Crippen LogP contribution in [0.4, 0.5) is 0 Å². The lowest BCUT2D eigenvalue weighted by Crippen LogP contribution is -2.42. The van der Waals surface area contributed by atoms with Crippen LogP contribution < -0.4 is 0 Å². The largest absolute Gasteiger partial charge is 0.378 e. The van der Waals surface area contributed by atoms with E-state index in [0.29, 0.717) is 25.0 Å². The Labute approximate surface area is 139 Å². The fourth-order valence-electron chi connectivity index (χ4n) is 3.61. The van der Waals surface area contributed by atoms with Crippen LogP contribution in [0.25, 0.3) is 0 Å². The van der Waals surface area contributed by atoms with Crippen molar-refractivity contribution < 1.29 is 9.53 Å². The first-order valence-electron chi connectivity index (χ1n) is 8.84. The van der Waals surface area contributed by atoms with Crippen LogP contribution in [0.3, 0.4) is 0 Å². The smallest absolute Gasteiger partial charge is 0.223 e. The molecule has 0 aliphatic carbocycles. The summed E-state index contributed by atoms with van der Waals surface area (Å²) in [4.78, 5) is 16.8. The average molecular weight is 316 g/mol. The van der Waals surface area contributed by atoms with Crippen LogP contribution in [0.5, 0.6) is 0 Å². The molecule has 0 aromatic heterocycles. The van der Waals surface area contributed by atoms with Crippen molar-refractivity contribution in [1.29, 1.82) is 0 Å². The van der Waals surface area contributed by atoms with Gasteiger partial charge in [-0.05, 0) is 44.3 Å². The average Bonchev–Trinajstić information content (AvgIpc) is 2.57. The molecule has 2 aliphatic heterocycles. The van der Waals surface area contributed by atoms with Gasteiger partial charge in [0.1, 0.15) is 0 Å². The maximum absolute atomic E-state index is 12.3. The molecule has 1 aromatic rings. The Kier molecular flexibility index (Phi) is 5.68. The molecule has 23 heavy (non-hydrogen) atoms. The third-order valence-electron chi connectivity index (χ3n) is 5.02. The zero-order valence-corrected chi connectivity index (χ0v) is 14.2. The minimum absolute atomic E-state index is 0.324. The number of benzene rings is 1. The van der Waals surface area contributed by atoms with Crippen LogP contribution in [0.2, 0.25) is 0 Å². The molecule has 2 heterocycles. The predicted molar refractivity (Wildman–Crippen MR) is 91.2 cm³/mol. The van der Waals surface area contributed by atoms with Gasteiger partial charge in [0.25, 0.3) is 0 Å². The first kappa shape index (κ1) is 16.5. The molecule has 1 aromatic carbocycles. The summed E-state index contributed by atoms with van der Waals surface area (Å²) >= 11 is 0. The molecule has 0 N–H and O–H groups in total. The van der Waals surface area contributed by atoms with Crippen molar-refractivity contribution in [3.63, 3.8) is 0 Å². The molecule has 0 bridgehead atoms. The Hall–Kier alpha value is -1.39. The van der Waals surface area contributed by atoms with Gasteiger partial charge < -0.3 is 9.64 Å². The fourth-order valence-corrected chi connectivity index (χ4v) is 3.61. The molecule has 0 radical (unpaired) electrons. The second kappa shape index (κ2) is 7.93. The molecule has 2 aliphatic rings. The molecular weight excluding hydrogens is 288 g/mol. The zero-order valence-electron chi connectivity index (χ0n) is 14.2. The van der Waals surface area contributed by atoms with Gasteiger partial charge in [0.05, 0.1) is 13.2 Å². The van der Waals surface area contributed by atoms with Crippen LogP contribution in [-0.2, 0) is 16.1 Å². The van der Waals surface area contributed by atoms with Gasteiger partial charge in [0.2, 0.25) is 5.91 Å². The van der Waals surface area contributed by atoms with Crippen molar-refractivity contribution in [2.45, 2.75) is 32.7 Å². The number of hydrogen-bond acceptors (Lipinski definition) is 3. The number of carbonyl (C=O) groups is 1. The second-order valence-electron chi connectivity index (χ2n) is 6.91. The highest BCUT2D eigenvalue weighted by atomic mass is 16.5. The van der Waals surface area contributed by atoms with Gasteiger partial charge in [0, 0.05) is 26.1 Å². The van der Waals surface area contributed by atoms with Gasteiger partial charge in [0.15, 0.2) is 0 Å². The standard InChI is InChI=1S/C19H28N2O2/c1-16-3-2-4-18(13-16)15-20-7-5-17(6-8-20)14-19(22)21-9-11-23-12-10-21/h2-4,13,17H,5-12,14-15H2,1H3. The van der Waals surface area contributed by atoms with E-state index in [0.717, 1.165) is 52.0 Å². The van der Waals surface area contributed by atoms with Crippen LogP contribution in [0.15, 0.2) is 24.3 Å². The molecule has 2 saturated heterocycles. The van der Waals surface area contributed by atoms with Crippen molar-refractivity contribution in [2.24, 2.45) is 5.92 Å². The number of hydrogen-bond donors (Lipinski definition) is 0. The molecule has 4 nitrogen and oxygen atoms in total. The maximum atomic E-state index is 12.3. The van der Waals surface area contributed by atoms with Gasteiger partial charge in [-0.2, -0.15) is 0 Å². The summed E-state index contributed by atoms with van der Waals surface area (Å²) < 4.78 is 5.32. The predicted octanol–water partition coefficient (Wildman–Crippen LogP) is 2.46. The summed E-state index contributed by atoms with van der Waals surface area (Å²) in [5, 5.41) is 0. The number of aryl methyl sites for hydroxylation is 1. The quantitative estimate of drug-likeness (QED) is 0.855. The summed E-state index contributed by atoms with van der Waals surface area (Å²) in [6.45, 7) is 8.32. The van der Waals surface area contributed by atoms with E-state index in [2.05, 4.69) is 36.1 Å². The highest BCUT2D eigenvalue weighted by molar-refractivity contribution is 5.76. The molecule has 0 saturated carbocycles. The van der Waals surface area contributed by atoms with Crippen molar-refractivity contribution >= 4 is 5.91 Å². The van der Waals surface area contributed by atoms with E-state index in [1.165, 1.54) is 11.1 Å². The first-order chi connectivity index (χ1) is 11.2. The number of rotatable bonds is 4. The summed E-state index contributed by atoms with van der Waals surface area (Å²) in [5.74, 6) is 0.879. The first-order valence-corrected chi connectivity index (χ1v) is 8.84. The highest BCUT2D eigenvalue weighted by Crippen LogP contribution is 2.23. The van der Waals surface area contributed by atoms with E-state index in [4.69, 9.17) is 4.74 Å². The Morgan fingerprint density at radius 1 is 1.17 bits per heavy atom. The van der Waals surface area contributed by atoms with Crippen molar-refractivity contribution in [1.82, 2.24) is 9.80 Å². The number of ether oxygens (including phenoxy) is 1. The van der Waals surface area contributed by atoms with Gasteiger partial charge in [-0.25, -0.2) is 0 Å². The monoisotopic (exact) mass is 316 g/mol. The second-order valence-corrected chi connectivity index (χ2v) is 6.91. The molecule has 0 spiro atoms. The molecule has 126 valence electrons. The van der Waals surface area contributed by atoms with E-state index in [1.807, 2.05) is 4.90 Å². The molecule has 3 rings (SSSR count). The highest BCUT2D eigenvalue weighted by Gasteiger charge is 2.24. The SMILES string of the molecule is Cc1cccc(CN2CCC(CC(=O)N3CCOCC3)CC2)c1. The van der Waals surface area contributed by atoms with Gasteiger partial charge in [-0.3, -0.25) is 9.69 Å². The number of amides is 1. The van der Waals surface area contributed by atoms with Crippen molar-refractivity contribution in [3.05, 3.63) is 35.4 Å². The fraction of sp³-hybridized carbons (Fsp3) is 0.632. The number of carbonyl (C=O) groups excluding carboxylic acids is 1. The summed E-state index contributed by atoms with van der Waals surface area (Å²) in [6, 6.07) is 8.76. The lowest BCUT2D eigenvalue weighted by molar-refractivity contribution is -0.136. The van der Waals surface area contributed by atoms with E-state index in [1.54, 1.807) is 0 Å². The zero-order chi connectivity index (χ0) is 16.1. The van der Waals surface area contributed by atoms with E-state index in [-0.39, 0.29) is 0 Å². The molecule has 0 atom stereocenters. The van der Waals surface area contributed by atoms with Crippen LogP contribution in [0.1, 0.15) is 30.4 Å². The van der Waals surface area contributed by atoms with Gasteiger partial charge in [-0.15, -0.1) is 0 Å². The normalized spacial score (nSPS) is 20.7. The van der Waals surface area contributed by atoms with Crippen molar-refractivity contribution in [2.75, 3.05) is 39.4 Å². The van der Waals surface area contributed by atoms with E-state index in [9.17, 15) is 4.79 Å². The Morgan fingerprint density at radius 2 is 1.91 bits per heavy atom. The number of likely N-dealkylation sites (tertiary alicyclic amines) is 1. The Balaban J connectivity index is 1.42. The third kappa shape index (κ3) is 4.79.